The van der Waals surface area contributed by atoms with Crippen LogP contribution in [0.5, 0.6) is 0 Å². The van der Waals surface area contributed by atoms with E-state index in [0.29, 0.717) is 0 Å². The minimum atomic E-state index is -0.315. The van der Waals surface area contributed by atoms with Crippen molar-refractivity contribution in [3.05, 3.63) is 0 Å². The monoisotopic (exact) mass is 116 g/mol. The number of rotatable bonds is 1. The predicted octanol–water partition coefficient (Wildman–Crippen LogP) is 0.545. The molecule has 1 heterocycles. The third kappa shape index (κ3) is 0.858. The smallest absolute Gasteiger partial charge is 0.112 e. The van der Waals surface area contributed by atoms with Crippen LogP contribution in [0, 0.1) is 0 Å². The topological polar surface area (TPSA) is 32.8 Å². The van der Waals surface area contributed by atoms with Gasteiger partial charge in [0.15, 0.2) is 0 Å². The van der Waals surface area contributed by atoms with Crippen molar-refractivity contribution in [2.24, 2.45) is 0 Å². The second kappa shape index (κ2) is 1.45. The summed E-state index contributed by atoms with van der Waals surface area (Å²) < 4.78 is 5.12. The lowest BCUT2D eigenvalue weighted by molar-refractivity contribution is 0.152. The van der Waals surface area contributed by atoms with Gasteiger partial charge < -0.3 is 9.84 Å². The molecule has 0 aromatic heterocycles. The molecule has 0 aromatic rings. The van der Waals surface area contributed by atoms with Crippen LogP contribution in [-0.2, 0) is 4.74 Å². The molecular formula is C6H12O2. The highest BCUT2D eigenvalue weighted by Crippen LogP contribution is 2.37. The van der Waals surface area contributed by atoms with Gasteiger partial charge >= 0.3 is 0 Å². The summed E-state index contributed by atoms with van der Waals surface area (Å²) in [6.45, 7) is 5.70. The highest BCUT2D eigenvalue weighted by Gasteiger charge is 2.50. The number of aliphatic hydroxyl groups is 1. The summed E-state index contributed by atoms with van der Waals surface area (Å²) in [6.07, 6.45) is -0.243. The first-order chi connectivity index (χ1) is 3.54. The van der Waals surface area contributed by atoms with Crippen LogP contribution in [0.2, 0.25) is 0 Å². The lowest BCUT2D eigenvalue weighted by Gasteiger charge is -1.97. The van der Waals surface area contributed by atoms with Crippen molar-refractivity contribution in [1.29, 1.82) is 0 Å². The molecule has 1 saturated heterocycles. The van der Waals surface area contributed by atoms with Gasteiger partial charge in [-0.1, -0.05) is 0 Å². The zero-order valence-corrected chi connectivity index (χ0v) is 5.51. The molecule has 1 fully saturated rings. The molecule has 2 atom stereocenters. The van der Waals surface area contributed by atoms with Crippen molar-refractivity contribution in [3.8, 4) is 0 Å². The molecule has 0 unspecified atom stereocenters. The fourth-order valence-electron chi connectivity index (χ4n) is 0.973. The van der Waals surface area contributed by atoms with Crippen molar-refractivity contribution < 1.29 is 9.84 Å². The summed E-state index contributed by atoms with van der Waals surface area (Å²) in [4.78, 5) is 0. The molecule has 0 saturated carbocycles. The van der Waals surface area contributed by atoms with Gasteiger partial charge in [0.05, 0.1) is 11.7 Å². The molecule has 48 valence electrons. The highest BCUT2D eigenvalue weighted by atomic mass is 16.6. The molecule has 0 bridgehead atoms. The molecule has 0 aliphatic carbocycles. The van der Waals surface area contributed by atoms with Crippen LogP contribution in [0.15, 0.2) is 0 Å². The molecule has 1 aliphatic heterocycles. The fourth-order valence-corrected chi connectivity index (χ4v) is 0.973. The second-order valence-corrected chi connectivity index (χ2v) is 2.88. The van der Waals surface area contributed by atoms with Gasteiger partial charge in [-0.25, -0.2) is 0 Å². The van der Waals surface area contributed by atoms with Gasteiger partial charge in [-0.15, -0.1) is 0 Å². The number of hydrogen-bond donors (Lipinski definition) is 1. The average molecular weight is 116 g/mol. The van der Waals surface area contributed by atoms with Gasteiger partial charge in [0.25, 0.3) is 0 Å². The van der Waals surface area contributed by atoms with Crippen LogP contribution in [0.3, 0.4) is 0 Å². The van der Waals surface area contributed by atoms with E-state index in [-0.39, 0.29) is 17.8 Å². The van der Waals surface area contributed by atoms with Crippen LogP contribution in [0.25, 0.3) is 0 Å². The van der Waals surface area contributed by atoms with Crippen LogP contribution in [0.4, 0.5) is 0 Å². The summed E-state index contributed by atoms with van der Waals surface area (Å²) in [6, 6.07) is 0. The van der Waals surface area contributed by atoms with Crippen LogP contribution >= 0.6 is 0 Å². The summed E-state index contributed by atoms with van der Waals surface area (Å²) in [5.74, 6) is 0. The molecule has 0 amide bonds. The van der Waals surface area contributed by atoms with Crippen molar-refractivity contribution in [1.82, 2.24) is 0 Å². The molecule has 1 aliphatic rings. The van der Waals surface area contributed by atoms with Gasteiger partial charge in [0.1, 0.15) is 6.10 Å². The Morgan fingerprint density at radius 1 is 1.62 bits per heavy atom. The molecule has 1 rings (SSSR count). The molecule has 0 radical (unpaired) electrons. The zero-order valence-electron chi connectivity index (χ0n) is 5.51. The molecule has 0 aromatic carbocycles. The highest BCUT2D eigenvalue weighted by molar-refractivity contribution is 4.97. The molecule has 0 spiro atoms. The first-order valence-corrected chi connectivity index (χ1v) is 2.90. The Labute approximate surface area is 49.5 Å². The Bertz CT molecular complexity index is 96.7. The standard InChI is InChI=1S/C6H12O2/c1-4(7)5-6(2,3)8-5/h4-5,7H,1-3H3/t4-,5+/m0/s1. The van der Waals surface area contributed by atoms with Crippen molar-refractivity contribution in [3.63, 3.8) is 0 Å². The van der Waals surface area contributed by atoms with Crippen LogP contribution in [-0.4, -0.2) is 22.9 Å². The fraction of sp³-hybridized carbons (Fsp3) is 1.00. The van der Waals surface area contributed by atoms with Gasteiger partial charge in [-0.3, -0.25) is 0 Å². The quantitative estimate of drug-likeness (QED) is 0.507. The van der Waals surface area contributed by atoms with E-state index in [4.69, 9.17) is 9.84 Å². The Kier molecular flexibility index (Phi) is 1.10. The number of epoxide rings is 1. The number of hydrogen-bond acceptors (Lipinski definition) is 2. The summed E-state index contributed by atoms with van der Waals surface area (Å²) in [5.41, 5.74) is -0.0613. The molecule has 8 heavy (non-hydrogen) atoms. The van der Waals surface area contributed by atoms with E-state index in [1.807, 2.05) is 13.8 Å². The van der Waals surface area contributed by atoms with Gasteiger partial charge in [0, 0.05) is 0 Å². The van der Waals surface area contributed by atoms with E-state index in [2.05, 4.69) is 0 Å². The maximum Gasteiger partial charge on any atom is 0.112 e. The lowest BCUT2D eigenvalue weighted by atomic mass is 10.1. The molecule has 2 heteroatoms. The molecule has 1 N–H and O–H groups in total. The number of ether oxygens (including phenoxy) is 1. The Balaban J connectivity index is 2.37. The Morgan fingerprint density at radius 2 is 2.00 bits per heavy atom. The van der Waals surface area contributed by atoms with Crippen LogP contribution < -0.4 is 0 Å². The van der Waals surface area contributed by atoms with E-state index in [1.54, 1.807) is 6.92 Å². The summed E-state index contributed by atoms with van der Waals surface area (Å²) in [7, 11) is 0. The molecular weight excluding hydrogens is 104 g/mol. The second-order valence-electron chi connectivity index (χ2n) is 2.88. The SMILES string of the molecule is C[C@H](O)[C@H]1OC1(C)C. The van der Waals surface area contributed by atoms with Gasteiger partial charge in [-0.05, 0) is 20.8 Å². The van der Waals surface area contributed by atoms with E-state index in [1.165, 1.54) is 0 Å². The van der Waals surface area contributed by atoms with Crippen molar-refractivity contribution >= 4 is 0 Å². The maximum absolute atomic E-state index is 8.90. The largest absolute Gasteiger partial charge is 0.391 e. The van der Waals surface area contributed by atoms with E-state index in [0.717, 1.165) is 0 Å². The Morgan fingerprint density at radius 3 is 2.00 bits per heavy atom. The van der Waals surface area contributed by atoms with Gasteiger partial charge in [-0.2, -0.15) is 0 Å². The third-order valence-corrected chi connectivity index (χ3v) is 1.50. The van der Waals surface area contributed by atoms with E-state index < -0.39 is 0 Å². The number of aliphatic hydroxyl groups excluding tert-OH is 1. The van der Waals surface area contributed by atoms with Crippen LogP contribution in [0.1, 0.15) is 20.8 Å². The minimum absolute atomic E-state index is 0.0613. The Hall–Kier alpha value is -0.0800. The average Bonchev–Trinajstić information content (AvgIpc) is 2.13. The zero-order chi connectivity index (χ0) is 6.36. The maximum atomic E-state index is 8.90. The molecule has 2 nitrogen and oxygen atoms in total. The third-order valence-electron chi connectivity index (χ3n) is 1.50. The summed E-state index contributed by atoms with van der Waals surface area (Å²) >= 11 is 0. The van der Waals surface area contributed by atoms with E-state index in [9.17, 15) is 0 Å². The van der Waals surface area contributed by atoms with Crippen molar-refractivity contribution in [2.45, 2.75) is 38.6 Å². The van der Waals surface area contributed by atoms with Crippen molar-refractivity contribution in [2.75, 3.05) is 0 Å². The van der Waals surface area contributed by atoms with Gasteiger partial charge in [0.2, 0.25) is 0 Å². The first kappa shape index (κ1) is 6.05. The minimum Gasteiger partial charge on any atom is -0.391 e. The lowest BCUT2D eigenvalue weighted by Crippen LogP contribution is -2.15. The van der Waals surface area contributed by atoms with E-state index >= 15 is 0 Å². The first-order valence-electron chi connectivity index (χ1n) is 2.90. The predicted molar refractivity (Wildman–Crippen MR) is 30.6 cm³/mol. The summed E-state index contributed by atoms with van der Waals surface area (Å²) in [5, 5.41) is 8.90. The normalized spacial score (nSPS) is 36.8.